The average Bonchev–Trinajstić information content (AvgIpc) is 3.35. The van der Waals surface area contributed by atoms with E-state index in [9.17, 15) is 4.79 Å². The van der Waals surface area contributed by atoms with Gasteiger partial charge in [-0.15, -0.1) is 0 Å². The second kappa shape index (κ2) is 5.80. The Labute approximate surface area is 148 Å². The number of nitrogens with zero attached hydrogens (tertiary/aromatic N) is 2. The number of rotatable bonds is 2. The number of hydrogen-bond acceptors (Lipinski definition) is 6. The van der Waals surface area contributed by atoms with Gasteiger partial charge in [0, 0.05) is 11.6 Å². The first-order valence-corrected chi connectivity index (χ1v) is 8.20. The Balaban J connectivity index is 1.45. The lowest BCUT2D eigenvalue weighted by Crippen LogP contribution is -2.38. The largest absolute Gasteiger partial charge is 0.490 e. The van der Waals surface area contributed by atoms with E-state index in [0.717, 1.165) is 11.3 Å². The highest BCUT2D eigenvalue weighted by Gasteiger charge is 2.27. The molecule has 0 bridgehead atoms. The fraction of sp³-hybridized carbons (Fsp3) is 0.158. The number of benzene rings is 2. The molecule has 3 aromatic rings. The second-order valence-electron chi connectivity index (χ2n) is 5.92. The van der Waals surface area contributed by atoms with E-state index in [0.29, 0.717) is 36.2 Å². The third kappa shape index (κ3) is 2.36. The van der Waals surface area contributed by atoms with E-state index in [1.807, 2.05) is 30.3 Å². The monoisotopic (exact) mass is 350 g/mol. The van der Waals surface area contributed by atoms with Crippen LogP contribution in [0.5, 0.6) is 17.2 Å². The van der Waals surface area contributed by atoms with Gasteiger partial charge in [0.25, 0.3) is 5.91 Å². The lowest BCUT2D eigenvalue weighted by atomic mass is 10.1. The van der Waals surface area contributed by atoms with Crippen LogP contribution in [0.25, 0.3) is 11.3 Å². The van der Waals surface area contributed by atoms with Crippen molar-refractivity contribution in [2.24, 2.45) is 0 Å². The number of hydrogen-bond donors (Lipinski definition) is 0. The lowest BCUT2D eigenvalue weighted by molar-refractivity contribution is 0.0968. The molecular weight excluding hydrogens is 336 g/mol. The van der Waals surface area contributed by atoms with Crippen LogP contribution in [0.4, 0.5) is 5.69 Å². The number of anilines is 1. The zero-order chi connectivity index (χ0) is 17.5. The highest BCUT2D eigenvalue weighted by atomic mass is 16.7. The summed E-state index contributed by atoms with van der Waals surface area (Å²) in [5.41, 5.74) is 1.74. The van der Waals surface area contributed by atoms with E-state index in [1.165, 1.54) is 0 Å². The SMILES string of the molecule is O=C(c1cc(-c2ccc3c(c2)OCO3)on1)N1CCOc2ccccc21. The van der Waals surface area contributed by atoms with Gasteiger partial charge < -0.3 is 18.7 Å². The van der Waals surface area contributed by atoms with Gasteiger partial charge >= 0.3 is 0 Å². The predicted octanol–water partition coefficient (Wildman–Crippen LogP) is 3.11. The summed E-state index contributed by atoms with van der Waals surface area (Å²) in [5.74, 6) is 2.29. The molecule has 0 N–H and O–H groups in total. The van der Waals surface area contributed by atoms with Crippen molar-refractivity contribution in [3.63, 3.8) is 0 Å². The summed E-state index contributed by atoms with van der Waals surface area (Å²) in [5, 5.41) is 3.96. The van der Waals surface area contributed by atoms with E-state index in [-0.39, 0.29) is 18.4 Å². The van der Waals surface area contributed by atoms with E-state index < -0.39 is 0 Å². The molecule has 2 aliphatic rings. The van der Waals surface area contributed by atoms with Crippen molar-refractivity contribution in [2.45, 2.75) is 0 Å². The quantitative estimate of drug-likeness (QED) is 0.707. The normalized spacial score (nSPS) is 14.7. The first kappa shape index (κ1) is 14.8. The Kier molecular flexibility index (Phi) is 3.31. The van der Waals surface area contributed by atoms with Crippen LogP contribution in [0, 0.1) is 0 Å². The molecule has 2 aromatic carbocycles. The first-order valence-electron chi connectivity index (χ1n) is 8.20. The highest BCUT2D eigenvalue weighted by Crippen LogP contribution is 2.36. The maximum Gasteiger partial charge on any atom is 0.280 e. The molecule has 5 rings (SSSR count). The Bertz CT molecular complexity index is 997. The van der Waals surface area contributed by atoms with E-state index in [2.05, 4.69) is 5.16 Å². The zero-order valence-corrected chi connectivity index (χ0v) is 13.7. The molecule has 0 radical (unpaired) electrons. The van der Waals surface area contributed by atoms with Crippen molar-refractivity contribution in [3.05, 3.63) is 54.2 Å². The topological polar surface area (TPSA) is 74.0 Å². The third-order valence-electron chi connectivity index (χ3n) is 4.36. The van der Waals surface area contributed by atoms with Gasteiger partial charge in [0.1, 0.15) is 12.4 Å². The van der Waals surface area contributed by atoms with Gasteiger partial charge in [-0.1, -0.05) is 17.3 Å². The van der Waals surface area contributed by atoms with Crippen molar-refractivity contribution in [3.8, 4) is 28.6 Å². The van der Waals surface area contributed by atoms with Crippen molar-refractivity contribution in [1.82, 2.24) is 5.16 Å². The molecule has 3 heterocycles. The molecule has 0 fully saturated rings. The number of amides is 1. The van der Waals surface area contributed by atoms with Crippen LogP contribution < -0.4 is 19.1 Å². The minimum atomic E-state index is -0.225. The Morgan fingerprint density at radius 1 is 0.962 bits per heavy atom. The fourth-order valence-electron chi connectivity index (χ4n) is 3.08. The van der Waals surface area contributed by atoms with Gasteiger partial charge in [-0.3, -0.25) is 9.69 Å². The molecule has 1 amide bonds. The van der Waals surface area contributed by atoms with Crippen LogP contribution in [-0.2, 0) is 0 Å². The van der Waals surface area contributed by atoms with E-state index in [4.69, 9.17) is 18.7 Å². The Hall–Kier alpha value is -3.48. The summed E-state index contributed by atoms with van der Waals surface area (Å²) in [6, 6.07) is 14.5. The number of carbonyl (C=O) groups is 1. The molecule has 0 aliphatic carbocycles. The van der Waals surface area contributed by atoms with Crippen LogP contribution in [0.3, 0.4) is 0 Å². The molecular formula is C19H14N2O5. The Morgan fingerprint density at radius 3 is 2.81 bits per heavy atom. The van der Waals surface area contributed by atoms with Crippen LogP contribution >= 0.6 is 0 Å². The number of aromatic nitrogens is 1. The maximum absolute atomic E-state index is 12.9. The van der Waals surface area contributed by atoms with Crippen molar-refractivity contribution in [1.29, 1.82) is 0 Å². The number of fused-ring (bicyclic) bond motifs is 2. The standard InChI is InChI=1S/C19H14N2O5/c22-19(21-7-8-23-15-4-2-1-3-14(15)21)13-10-17(26-20-13)12-5-6-16-18(9-12)25-11-24-16/h1-6,9-10H,7-8,11H2. The summed E-state index contributed by atoms with van der Waals surface area (Å²) in [7, 11) is 0. The molecule has 0 unspecified atom stereocenters. The molecule has 130 valence electrons. The van der Waals surface area contributed by atoms with Gasteiger partial charge in [-0.2, -0.15) is 0 Å². The van der Waals surface area contributed by atoms with Gasteiger partial charge in [-0.05, 0) is 30.3 Å². The van der Waals surface area contributed by atoms with E-state index >= 15 is 0 Å². The van der Waals surface area contributed by atoms with Crippen LogP contribution in [-0.4, -0.2) is 31.0 Å². The molecule has 0 saturated heterocycles. The van der Waals surface area contributed by atoms with Gasteiger partial charge in [0.2, 0.25) is 6.79 Å². The summed E-state index contributed by atoms with van der Waals surface area (Å²) in [6.07, 6.45) is 0. The average molecular weight is 350 g/mol. The summed E-state index contributed by atoms with van der Waals surface area (Å²) in [4.78, 5) is 14.6. The highest BCUT2D eigenvalue weighted by molar-refractivity contribution is 6.06. The number of para-hydroxylation sites is 2. The molecule has 0 atom stereocenters. The van der Waals surface area contributed by atoms with Crippen molar-refractivity contribution < 1.29 is 23.5 Å². The second-order valence-corrected chi connectivity index (χ2v) is 5.92. The summed E-state index contributed by atoms with van der Waals surface area (Å²) < 4.78 is 21.7. The molecule has 26 heavy (non-hydrogen) atoms. The first-order chi connectivity index (χ1) is 12.8. The summed E-state index contributed by atoms with van der Waals surface area (Å²) in [6.45, 7) is 1.10. The van der Waals surface area contributed by atoms with E-state index in [1.54, 1.807) is 23.1 Å². The Morgan fingerprint density at radius 2 is 1.85 bits per heavy atom. The fourth-order valence-corrected chi connectivity index (χ4v) is 3.08. The molecule has 7 heteroatoms. The molecule has 1 aromatic heterocycles. The number of ether oxygens (including phenoxy) is 3. The van der Waals surface area contributed by atoms with Crippen molar-refractivity contribution >= 4 is 11.6 Å². The van der Waals surface area contributed by atoms with Crippen molar-refractivity contribution in [2.75, 3.05) is 24.8 Å². The van der Waals surface area contributed by atoms with Crippen LogP contribution in [0.2, 0.25) is 0 Å². The maximum atomic E-state index is 12.9. The van der Waals surface area contributed by atoms with Gasteiger partial charge in [0.15, 0.2) is 23.0 Å². The molecule has 0 spiro atoms. The van der Waals surface area contributed by atoms with Gasteiger partial charge in [-0.25, -0.2) is 0 Å². The van der Waals surface area contributed by atoms with Crippen LogP contribution in [0.15, 0.2) is 53.1 Å². The predicted molar refractivity (Wildman–Crippen MR) is 91.7 cm³/mol. The minimum absolute atomic E-state index is 0.204. The molecule has 0 saturated carbocycles. The number of carbonyl (C=O) groups excluding carboxylic acids is 1. The van der Waals surface area contributed by atoms with Crippen LogP contribution in [0.1, 0.15) is 10.5 Å². The molecule has 2 aliphatic heterocycles. The minimum Gasteiger partial charge on any atom is -0.490 e. The third-order valence-corrected chi connectivity index (χ3v) is 4.36. The molecule has 7 nitrogen and oxygen atoms in total. The zero-order valence-electron chi connectivity index (χ0n) is 13.7. The smallest absolute Gasteiger partial charge is 0.280 e. The summed E-state index contributed by atoms with van der Waals surface area (Å²) >= 11 is 0. The van der Waals surface area contributed by atoms with Gasteiger partial charge in [0.05, 0.1) is 12.2 Å². The lowest BCUT2D eigenvalue weighted by Gasteiger charge is -2.28.